The standard InChI is InChI=1S/2C10H19.2C6H5.Sn/c2*1-8(2)10-6-4-9(3)5-7-10;2*1-2-4-6-5-3-1;/h2*6,8-10H,4-5,7H2,1-3H3;2*1-5H;/t2*9-,10-;;;/m00.../s1. The van der Waals surface area contributed by atoms with Crippen LogP contribution in [0, 0.1) is 35.5 Å². The third kappa shape index (κ3) is 4.98. The van der Waals surface area contributed by atoms with Crippen molar-refractivity contribution in [2.75, 3.05) is 0 Å². The minimum atomic E-state index is -3.19. The second-order valence-electron chi connectivity index (χ2n) is 12.5. The molecule has 2 fully saturated rings. The first-order valence-corrected chi connectivity index (χ1v) is 20.1. The average Bonchev–Trinajstić information content (AvgIpc) is 2.81. The molecule has 2 aromatic rings. The molecule has 2 aliphatic rings. The van der Waals surface area contributed by atoms with E-state index in [1.165, 1.54) is 38.5 Å². The zero-order chi connectivity index (χ0) is 23.6. The average molecular weight is 551 g/mol. The summed E-state index contributed by atoms with van der Waals surface area (Å²) in [6.45, 7) is 15.2. The minimum absolute atomic E-state index is 0.782. The molecule has 0 amide bonds. The van der Waals surface area contributed by atoms with Gasteiger partial charge in [-0.2, -0.15) is 0 Å². The molecular formula is C32H48Sn. The number of hydrogen-bond donors (Lipinski definition) is 0. The molecule has 0 spiro atoms. The normalized spacial score (nSPS) is 31.2. The van der Waals surface area contributed by atoms with E-state index in [1.54, 1.807) is 7.16 Å². The van der Waals surface area contributed by atoms with E-state index < -0.39 is 18.4 Å². The Balaban J connectivity index is 2.03. The maximum absolute atomic E-state index is 3.19. The maximum atomic E-state index is 2.58. The Morgan fingerprint density at radius 3 is 1.27 bits per heavy atom. The van der Waals surface area contributed by atoms with Crippen LogP contribution in [-0.2, 0) is 0 Å². The van der Waals surface area contributed by atoms with Gasteiger partial charge in [0.05, 0.1) is 0 Å². The van der Waals surface area contributed by atoms with Crippen molar-refractivity contribution in [3.8, 4) is 0 Å². The summed E-state index contributed by atoms with van der Waals surface area (Å²) in [4.78, 5) is 0. The van der Waals surface area contributed by atoms with E-state index in [1.807, 2.05) is 0 Å². The Morgan fingerprint density at radius 2 is 0.939 bits per heavy atom. The molecule has 6 atom stereocenters. The summed E-state index contributed by atoms with van der Waals surface area (Å²) in [7, 11) is 0. The first kappa shape index (κ1) is 25.3. The van der Waals surface area contributed by atoms with Crippen LogP contribution in [0.1, 0.15) is 80.1 Å². The SMILES string of the molecule is CC(C)[C@@H]1CC[C@@H](C)C[C@H]1[Sn]([c]1ccccc1)([c]1ccccc1)[C@@H]1C[C@H](C)CC[C@H]1C(C)C. The van der Waals surface area contributed by atoms with E-state index in [9.17, 15) is 0 Å². The van der Waals surface area contributed by atoms with Gasteiger partial charge in [0.15, 0.2) is 0 Å². The molecule has 2 aliphatic carbocycles. The molecule has 2 aromatic carbocycles. The summed E-state index contributed by atoms with van der Waals surface area (Å²) < 4.78 is 5.41. The van der Waals surface area contributed by atoms with Crippen molar-refractivity contribution < 1.29 is 0 Å². The van der Waals surface area contributed by atoms with Gasteiger partial charge < -0.3 is 0 Å². The Morgan fingerprint density at radius 1 is 0.576 bits per heavy atom. The molecule has 0 saturated heterocycles. The van der Waals surface area contributed by atoms with Crippen LogP contribution in [0.2, 0.25) is 7.87 Å². The molecule has 0 aliphatic heterocycles. The Bertz CT molecular complexity index is 781. The summed E-state index contributed by atoms with van der Waals surface area (Å²) in [5.41, 5.74) is 0. The van der Waals surface area contributed by atoms with Crippen molar-refractivity contribution >= 4 is 25.5 Å². The van der Waals surface area contributed by atoms with Gasteiger partial charge in [0, 0.05) is 0 Å². The summed E-state index contributed by atoms with van der Waals surface area (Å²) >= 11 is -3.19. The Labute approximate surface area is 208 Å². The van der Waals surface area contributed by atoms with Crippen molar-refractivity contribution in [2.45, 2.75) is 87.9 Å². The zero-order valence-electron chi connectivity index (χ0n) is 22.1. The summed E-state index contributed by atoms with van der Waals surface area (Å²) in [6, 6.07) is 24.2. The second kappa shape index (κ2) is 10.9. The molecule has 2 saturated carbocycles. The Kier molecular flexibility index (Phi) is 8.35. The van der Waals surface area contributed by atoms with Crippen molar-refractivity contribution in [3.63, 3.8) is 0 Å². The molecule has 0 heterocycles. The van der Waals surface area contributed by atoms with Crippen LogP contribution >= 0.6 is 0 Å². The van der Waals surface area contributed by atoms with Crippen molar-refractivity contribution in [3.05, 3.63) is 60.7 Å². The van der Waals surface area contributed by atoms with E-state index in [4.69, 9.17) is 0 Å². The van der Waals surface area contributed by atoms with Gasteiger partial charge in [-0.3, -0.25) is 0 Å². The zero-order valence-corrected chi connectivity index (χ0v) is 25.0. The van der Waals surface area contributed by atoms with Gasteiger partial charge in [-0.1, -0.05) is 0 Å². The molecular weight excluding hydrogens is 503 g/mol. The fraction of sp³-hybridized carbons (Fsp3) is 0.625. The second-order valence-corrected chi connectivity index (χ2v) is 25.0. The fourth-order valence-corrected chi connectivity index (χ4v) is 31.3. The molecule has 0 radical (unpaired) electrons. The van der Waals surface area contributed by atoms with E-state index in [0.29, 0.717) is 0 Å². The quantitative estimate of drug-likeness (QED) is 0.318. The Hall–Kier alpha value is -0.761. The van der Waals surface area contributed by atoms with Crippen LogP contribution in [0.15, 0.2) is 60.7 Å². The van der Waals surface area contributed by atoms with Crippen LogP contribution in [0.5, 0.6) is 0 Å². The van der Waals surface area contributed by atoms with Crippen molar-refractivity contribution in [2.24, 2.45) is 35.5 Å². The van der Waals surface area contributed by atoms with Crippen LogP contribution in [0.4, 0.5) is 0 Å². The van der Waals surface area contributed by atoms with Gasteiger partial charge >= 0.3 is 210 Å². The molecule has 1 heteroatoms. The van der Waals surface area contributed by atoms with Gasteiger partial charge in [0.1, 0.15) is 0 Å². The first-order valence-electron chi connectivity index (χ1n) is 14.0. The molecule has 4 rings (SSSR count). The van der Waals surface area contributed by atoms with Crippen LogP contribution in [0.3, 0.4) is 0 Å². The predicted molar refractivity (Wildman–Crippen MR) is 148 cm³/mol. The first-order chi connectivity index (χ1) is 15.9. The van der Waals surface area contributed by atoms with E-state index >= 15 is 0 Å². The molecule has 0 aromatic heterocycles. The molecule has 0 bridgehead atoms. The molecule has 180 valence electrons. The van der Waals surface area contributed by atoms with Crippen molar-refractivity contribution in [1.82, 2.24) is 0 Å². The molecule has 0 nitrogen and oxygen atoms in total. The number of rotatable bonds is 6. The van der Waals surface area contributed by atoms with Gasteiger partial charge in [0.2, 0.25) is 0 Å². The van der Waals surface area contributed by atoms with Gasteiger partial charge in [0.25, 0.3) is 0 Å². The fourth-order valence-electron chi connectivity index (χ4n) is 8.18. The predicted octanol–water partition coefficient (Wildman–Crippen LogP) is 8.17. The van der Waals surface area contributed by atoms with E-state index in [0.717, 1.165) is 43.4 Å². The van der Waals surface area contributed by atoms with Gasteiger partial charge in [-0.05, 0) is 0 Å². The molecule has 0 N–H and O–H groups in total. The van der Waals surface area contributed by atoms with Gasteiger partial charge in [-0.15, -0.1) is 0 Å². The summed E-state index contributed by atoms with van der Waals surface area (Å²) in [6.07, 6.45) is 8.66. The molecule has 0 unspecified atom stereocenters. The topological polar surface area (TPSA) is 0 Å². The summed E-state index contributed by atoms with van der Waals surface area (Å²) in [5.74, 6) is 5.05. The van der Waals surface area contributed by atoms with Crippen molar-refractivity contribution in [1.29, 1.82) is 0 Å². The monoisotopic (exact) mass is 552 g/mol. The van der Waals surface area contributed by atoms with Gasteiger partial charge in [-0.25, -0.2) is 0 Å². The third-order valence-corrected chi connectivity index (χ3v) is 27.5. The number of hydrogen-bond acceptors (Lipinski definition) is 0. The molecule has 33 heavy (non-hydrogen) atoms. The summed E-state index contributed by atoms with van der Waals surface area (Å²) in [5, 5.41) is 0. The van der Waals surface area contributed by atoms with Crippen LogP contribution in [-0.4, -0.2) is 18.4 Å². The van der Waals surface area contributed by atoms with Crippen LogP contribution < -0.4 is 7.16 Å². The van der Waals surface area contributed by atoms with E-state index in [-0.39, 0.29) is 0 Å². The van der Waals surface area contributed by atoms with Crippen LogP contribution in [0.25, 0.3) is 0 Å². The number of benzene rings is 2. The van der Waals surface area contributed by atoms with E-state index in [2.05, 4.69) is 102 Å². The third-order valence-electron chi connectivity index (χ3n) is 9.72.